The molecular weight excluding hydrogens is 152 g/mol. The van der Waals surface area contributed by atoms with Crippen LogP contribution in [0.1, 0.15) is 27.2 Å². The number of allylic oxidation sites excluding steroid dienone is 1. The molecule has 12 heavy (non-hydrogen) atoms. The summed E-state index contributed by atoms with van der Waals surface area (Å²) < 4.78 is 10.6. The molecule has 1 heterocycles. The van der Waals surface area contributed by atoms with Crippen LogP contribution in [0.5, 0.6) is 0 Å². The molecule has 1 aliphatic rings. The maximum Gasteiger partial charge on any atom is 0.0877 e. The Labute approximate surface area is 74.6 Å². The molecule has 1 rings (SSSR count). The predicted octanol–water partition coefficient (Wildman–Crippen LogP) is 2.35. The summed E-state index contributed by atoms with van der Waals surface area (Å²) >= 11 is 0. The maximum atomic E-state index is 5.33. The van der Waals surface area contributed by atoms with Crippen molar-refractivity contribution in [1.29, 1.82) is 0 Å². The van der Waals surface area contributed by atoms with Crippen LogP contribution in [0.15, 0.2) is 11.8 Å². The molecule has 0 saturated carbocycles. The summed E-state index contributed by atoms with van der Waals surface area (Å²) in [6.45, 7) is 7.93. The van der Waals surface area contributed by atoms with Crippen LogP contribution in [-0.2, 0) is 9.47 Å². The van der Waals surface area contributed by atoms with Gasteiger partial charge in [-0.2, -0.15) is 0 Å². The van der Waals surface area contributed by atoms with Crippen molar-refractivity contribution in [1.82, 2.24) is 0 Å². The van der Waals surface area contributed by atoms with Crippen LogP contribution >= 0.6 is 0 Å². The molecule has 1 fully saturated rings. The summed E-state index contributed by atoms with van der Waals surface area (Å²) in [5.74, 6) is 0.718. The first kappa shape index (κ1) is 9.59. The first-order chi connectivity index (χ1) is 5.70. The number of ether oxygens (including phenoxy) is 2. The molecule has 0 aromatic heterocycles. The molecular formula is C10H18O2. The molecule has 0 spiro atoms. The van der Waals surface area contributed by atoms with Gasteiger partial charge in [-0.1, -0.05) is 0 Å². The molecule has 0 bridgehead atoms. The standard InChI is InChI=1S/C10H18O2/c1-8(2)6-11-5-4-10-7-12-9(10)3/h6,9-10H,4-5,7H2,1-3H3. The van der Waals surface area contributed by atoms with Gasteiger partial charge in [0, 0.05) is 5.92 Å². The monoisotopic (exact) mass is 170 g/mol. The van der Waals surface area contributed by atoms with Gasteiger partial charge in [0.1, 0.15) is 0 Å². The Morgan fingerprint density at radius 1 is 1.58 bits per heavy atom. The summed E-state index contributed by atoms with van der Waals surface area (Å²) in [5.41, 5.74) is 1.22. The van der Waals surface area contributed by atoms with Gasteiger partial charge in [-0.25, -0.2) is 0 Å². The lowest BCUT2D eigenvalue weighted by atomic mass is 9.96. The van der Waals surface area contributed by atoms with E-state index in [1.54, 1.807) is 0 Å². The molecule has 0 N–H and O–H groups in total. The van der Waals surface area contributed by atoms with E-state index in [4.69, 9.17) is 9.47 Å². The van der Waals surface area contributed by atoms with Gasteiger partial charge in [0.25, 0.3) is 0 Å². The SMILES string of the molecule is CC(C)=COCCC1COC1C. The van der Waals surface area contributed by atoms with Gasteiger partial charge >= 0.3 is 0 Å². The van der Waals surface area contributed by atoms with E-state index in [1.165, 1.54) is 5.57 Å². The first-order valence-electron chi connectivity index (χ1n) is 4.56. The molecule has 0 aromatic rings. The third-order valence-electron chi connectivity index (χ3n) is 2.16. The minimum Gasteiger partial charge on any atom is -0.501 e. The summed E-state index contributed by atoms with van der Waals surface area (Å²) in [6.07, 6.45) is 3.38. The van der Waals surface area contributed by atoms with Crippen molar-refractivity contribution < 1.29 is 9.47 Å². The average Bonchev–Trinajstić information content (AvgIpc) is 2.01. The molecule has 0 amide bonds. The second-order valence-electron chi connectivity index (χ2n) is 3.65. The van der Waals surface area contributed by atoms with Gasteiger partial charge in [0.15, 0.2) is 0 Å². The molecule has 2 atom stereocenters. The highest BCUT2D eigenvalue weighted by Crippen LogP contribution is 2.22. The minimum atomic E-state index is 0.445. The van der Waals surface area contributed by atoms with Gasteiger partial charge in [0.05, 0.1) is 25.6 Å². The molecule has 2 heteroatoms. The van der Waals surface area contributed by atoms with Crippen LogP contribution in [0.3, 0.4) is 0 Å². The highest BCUT2D eigenvalue weighted by atomic mass is 16.5. The third-order valence-corrected chi connectivity index (χ3v) is 2.16. The van der Waals surface area contributed by atoms with Crippen molar-refractivity contribution in [3.8, 4) is 0 Å². The summed E-state index contributed by atoms with van der Waals surface area (Å²) in [6, 6.07) is 0. The van der Waals surface area contributed by atoms with Gasteiger partial charge in [-0.3, -0.25) is 0 Å². The second-order valence-corrected chi connectivity index (χ2v) is 3.65. The smallest absolute Gasteiger partial charge is 0.0877 e. The molecule has 0 aliphatic carbocycles. The molecule has 0 radical (unpaired) electrons. The van der Waals surface area contributed by atoms with Crippen LogP contribution < -0.4 is 0 Å². The molecule has 2 nitrogen and oxygen atoms in total. The zero-order valence-electron chi connectivity index (χ0n) is 8.17. The topological polar surface area (TPSA) is 18.5 Å². The van der Waals surface area contributed by atoms with E-state index in [0.29, 0.717) is 6.10 Å². The highest BCUT2D eigenvalue weighted by molar-refractivity contribution is 4.86. The Morgan fingerprint density at radius 2 is 2.33 bits per heavy atom. The Bertz CT molecular complexity index is 159. The predicted molar refractivity (Wildman–Crippen MR) is 48.9 cm³/mol. The maximum absolute atomic E-state index is 5.33. The number of hydrogen-bond donors (Lipinski definition) is 0. The van der Waals surface area contributed by atoms with E-state index in [0.717, 1.165) is 25.6 Å². The molecule has 70 valence electrons. The lowest BCUT2D eigenvalue weighted by Gasteiger charge is -2.33. The van der Waals surface area contributed by atoms with Crippen molar-refractivity contribution in [2.24, 2.45) is 5.92 Å². The normalized spacial score (nSPS) is 27.6. The minimum absolute atomic E-state index is 0.445. The Kier molecular flexibility index (Phi) is 3.60. The average molecular weight is 170 g/mol. The highest BCUT2D eigenvalue weighted by Gasteiger charge is 2.27. The van der Waals surface area contributed by atoms with Crippen molar-refractivity contribution in [3.63, 3.8) is 0 Å². The second kappa shape index (κ2) is 4.51. The fraction of sp³-hybridized carbons (Fsp3) is 0.800. The van der Waals surface area contributed by atoms with E-state index in [-0.39, 0.29) is 0 Å². The fourth-order valence-corrected chi connectivity index (χ4v) is 1.19. The summed E-state index contributed by atoms with van der Waals surface area (Å²) in [4.78, 5) is 0. The van der Waals surface area contributed by atoms with Crippen molar-refractivity contribution in [2.45, 2.75) is 33.3 Å². The molecule has 2 unspecified atom stereocenters. The van der Waals surface area contributed by atoms with E-state index in [1.807, 2.05) is 20.1 Å². The molecule has 1 saturated heterocycles. The largest absolute Gasteiger partial charge is 0.501 e. The Balaban J connectivity index is 1.99. The summed E-state index contributed by atoms with van der Waals surface area (Å²) in [7, 11) is 0. The van der Waals surface area contributed by atoms with Gasteiger partial charge in [-0.05, 0) is 32.8 Å². The van der Waals surface area contributed by atoms with Crippen LogP contribution in [0.25, 0.3) is 0 Å². The Hall–Kier alpha value is -0.500. The van der Waals surface area contributed by atoms with Crippen molar-refractivity contribution in [3.05, 3.63) is 11.8 Å². The fourth-order valence-electron chi connectivity index (χ4n) is 1.19. The van der Waals surface area contributed by atoms with Crippen molar-refractivity contribution in [2.75, 3.05) is 13.2 Å². The van der Waals surface area contributed by atoms with Gasteiger partial charge < -0.3 is 9.47 Å². The zero-order valence-corrected chi connectivity index (χ0v) is 8.17. The van der Waals surface area contributed by atoms with Crippen LogP contribution in [0.4, 0.5) is 0 Å². The lowest BCUT2D eigenvalue weighted by molar-refractivity contribution is -0.110. The molecule has 1 aliphatic heterocycles. The third kappa shape index (κ3) is 2.86. The Morgan fingerprint density at radius 3 is 2.75 bits per heavy atom. The quantitative estimate of drug-likeness (QED) is 0.476. The van der Waals surface area contributed by atoms with Crippen molar-refractivity contribution >= 4 is 0 Å². The zero-order chi connectivity index (χ0) is 8.97. The first-order valence-corrected chi connectivity index (χ1v) is 4.56. The van der Waals surface area contributed by atoms with Gasteiger partial charge in [-0.15, -0.1) is 0 Å². The van der Waals surface area contributed by atoms with E-state index in [2.05, 4.69) is 6.92 Å². The van der Waals surface area contributed by atoms with Crippen LogP contribution in [0.2, 0.25) is 0 Å². The number of hydrogen-bond acceptors (Lipinski definition) is 2. The molecule has 0 aromatic carbocycles. The van der Waals surface area contributed by atoms with E-state index < -0.39 is 0 Å². The summed E-state index contributed by atoms with van der Waals surface area (Å²) in [5, 5.41) is 0. The van der Waals surface area contributed by atoms with Crippen LogP contribution in [-0.4, -0.2) is 19.3 Å². The lowest BCUT2D eigenvalue weighted by Crippen LogP contribution is -2.37. The van der Waals surface area contributed by atoms with E-state index in [9.17, 15) is 0 Å². The number of rotatable bonds is 4. The van der Waals surface area contributed by atoms with E-state index >= 15 is 0 Å². The van der Waals surface area contributed by atoms with Crippen LogP contribution in [0, 0.1) is 5.92 Å². The van der Waals surface area contributed by atoms with Gasteiger partial charge in [0.2, 0.25) is 0 Å².